The maximum Gasteiger partial charge on any atom is 0.214 e. The van der Waals surface area contributed by atoms with Crippen LogP contribution < -0.4 is 14.4 Å². The van der Waals surface area contributed by atoms with Crippen LogP contribution in [-0.4, -0.2) is 56.9 Å². The lowest BCUT2D eigenvalue weighted by molar-refractivity contribution is 0.132. The zero-order valence-electron chi connectivity index (χ0n) is 18.0. The number of para-hydroxylation sites is 2. The predicted molar refractivity (Wildman–Crippen MR) is 119 cm³/mol. The molecule has 2 aliphatic rings. The standard InChI is InChI=1S/C23H29FN2O4S/c1-23(2)17-18-7-5-10-21(22(18)30-23)29-15-6-16-31(27,28)26-13-11-25(12-14-26)20-9-4-3-8-19(20)24/h3-5,7-10H,6,11-17H2,1-2H3. The summed E-state index contributed by atoms with van der Waals surface area (Å²) in [6, 6.07) is 12.4. The van der Waals surface area contributed by atoms with Crippen molar-refractivity contribution in [3.8, 4) is 11.5 Å². The number of anilines is 1. The summed E-state index contributed by atoms with van der Waals surface area (Å²) in [6.45, 7) is 6.03. The van der Waals surface area contributed by atoms with Crippen LogP contribution in [0.3, 0.4) is 0 Å². The monoisotopic (exact) mass is 448 g/mol. The third-order valence-corrected chi connectivity index (χ3v) is 7.64. The molecule has 0 amide bonds. The van der Waals surface area contributed by atoms with E-state index in [-0.39, 0.29) is 17.2 Å². The van der Waals surface area contributed by atoms with Crippen LogP contribution in [0.1, 0.15) is 25.8 Å². The number of benzene rings is 2. The zero-order valence-corrected chi connectivity index (χ0v) is 18.8. The van der Waals surface area contributed by atoms with Crippen molar-refractivity contribution in [2.24, 2.45) is 0 Å². The highest BCUT2D eigenvalue weighted by Gasteiger charge is 2.32. The first-order chi connectivity index (χ1) is 14.8. The van der Waals surface area contributed by atoms with E-state index in [1.165, 1.54) is 10.4 Å². The minimum atomic E-state index is -3.38. The van der Waals surface area contributed by atoms with E-state index >= 15 is 0 Å². The van der Waals surface area contributed by atoms with E-state index in [4.69, 9.17) is 9.47 Å². The molecule has 0 radical (unpaired) electrons. The molecule has 31 heavy (non-hydrogen) atoms. The molecule has 168 valence electrons. The molecule has 0 N–H and O–H groups in total. The number of hydrogen-bond donors (Lipinski definition) is 0. The van der Waals surface area contributed by atoms with E-state index in [1.807, 2.05) is 36.9 Å². The van der Waals surface area contributed by atoms with Gasteiger partial charge in [-0.05, 0) is 38.5 Å². The van der Waals surface area contributed by atoms with Gasteiger partial charge in [-0.1, -0.05) is 24.3 Å². The van der Waals surface area contributed by atoms with Gasteiger partial charge in [0.2, 0.25) is 10.0 Å². The number of hydrogen-bond acceptors (Lipinski definition) is 5. The number of fused-ring (bicyclic) bond motifs is 1. The lowest BCUT2D eigenvalue weighted by Crippen LogP contribution is -2.49. The fourth-order valence-electron chi connectivity index (χ4n) is 4.17. The number of ether oxygens (including phenoxy) is 2. The van der Waals surface area contributed by atoms with E-state index in [2.05, 4.69) is 0 Å². The molecule has 0 unspecified atom stereocenters. The van der Waals surface area contributed by atoms with Crippen LogP contribution in [0.4, 0.5) is 10.1 Å². The SMILES string of the molecule is CC1(C)Cc2cccc(OCCCS(=O)(=O)N3CCN(c4ccccc4F)CC3)c2O1. The number of sulfonamides is 1. The van der Waals surface area contributed by atoms with E-state index in [1.54, 1.807) is 18.2 Å². The Bertz CT molecular complexity index is 1030. The van der Waals surface area contributed by atoms with E-state index in [9.17, 15) is 12.8 Å². The van der Waals surface area contributed by atoms with Crippen molar-refractivity contribution in [2.45, 2.75) is 32.3 Å². The highest BCUT2D eigenvalue weighted by atomic mass is 32.2. The maximum absolute atomic E-state index is 14.0. The molecule has 4 rings (SSSR count). The molecule has 0 aromatic heterocycles. The van der Waals surface area contributed by atoms with Gasteiger partial charge in [-0.3, -0.25) is 0 Å². The smallest absolute Gasteiger partial charge is 0.214 e. The normalized spacial score (nSPS) is 18.5. The summed E-state index contributed by atoms with van der Waals surface area (Å²) in [7, 11) is -3.38. The molecule has 6 nitrogen and oxygen atoms in total. The number of halogens is 1. The van der Waals surface area contributed by atoms with Gasteiger partial charge in [0.25, 0.3) is 0 Å². The molecule has 2 aromatic carbocycles. The van der Waals surface area contributed by atoms with Crippen LogP contribution in [-0.2, 0) is 16.4 Å². The Balaban J connectivity index is 1.27. The number of nitrogens with zero attached hydrogens (tertiary/aromatic N) is 2. The summed E-state index contributed by atoms with van der Waals surface area (Å²) in [5.74, 6) is 1.17. The molecule has 0 atom stereocenters. The summed E-state index contributed by atoms with van der Waals surface area (Å²) >= 11 is 0. The molecule has 2 aliphatic heterocycles. The second-order valence-corrected chi connectivity index (χ2v) is 10.7. The van der Waals surface area contributed by atoms with Gasteiger partial charge in [-0.15, -0.1) is 0 Å². The summed E-state index contributed by atoms with van der Waals surface area (Å²) in [5, 5.41) is 0. The Kier molecular flexibility index (Phi) is 6.12. The largest absolute Gasteiger partial charge is 0.490 e. The first kappa shape index (κ1) is 21.9. The van der Waals surface area contributed by atoms with Gasteiger partial charge in [0.05, 0.1) is 18.0 Å². The second-order valence-electron chi connectivity index (χ2n) is 8.64. The van der Waals surface area contributed by atoms with E-state index in [0.717, 1.165) is 17.7 Å². The fourth-order valence-corrected chi connectivity index (χ4v) is 5.63. The molecule has 0 saturated carbocycles. The molecular weight excluding hydrogens is 419 g/mol. The molecule has 1 fully saturated rings. The van der Waals surface area contributed by atoms with Crippen molar-refractivity contribution in [2.75, 3.05) is 43.4 Å². The van der Waals surface area contributed by atoms with Crippen molar-refractivity contribution in [3.63, 3.8) is 0 Å². The average molecular weight is 449 g/mol. The quantitative estimate of drug-likeness (QED) is 0.607. The van der Waals surface area contributed by atoms with Crippen LogP contribution in [0.2, 0.25) is 0 Å². The molecule has 2 aromatic rings. The molecule has 8 heteroatoms. The Labute approximate surface area is 183 Å². The highest BCUT2D eigenvalue weighted by Crippen LogP contribution is 2.41. The minimum Gasteiger partial charge on any atom is -0.490 e. The van der Waals surface area contributed by atoms with Crippen molar-refractivity contribution in [1.82, 2.24) is 4.31 Å². The molecule has 0 aliphatic carbocycles. The van der Waals surface area contributed by atoms with Crippen molar-refractivity contribution in [3.05, 3.63) is 53.8 Å². The van der Waals surface area contributed by atoms with Crippen LogP contribution in [0.25, 0.3) is 0 Å². The second kappa shape index (κ2) is 8.67. The summed E-state index contributed by atoms with van der Waals surface area (Å²) in [4.78, 5) is 1.89. The third-order valence-electron chi connectivity index (χ3n) is 5.68. The first-order valence-electron chi connectivity index (χ1n) is 10.7. The van der Waals surface area contributed by atoms with Crippen LogP contribution in [0.5, 0.6) is 11.5 Å². The lowest BCUT2D eigenvalue weighted by Gasteiger charge is -2.35. The lowest BCUT2D eigenvalue weighted by atomic mass is 10.0. The maximum atomic E-state index is 14.0. The van der Waals surface area contributed by atoms with Gasteiger partial charge >= 0.3 is 0 Å². The molecule has 0 bridgehead atoms. The van der Waals surface area contributed by atoms with Crippen molar-refractivity contribution in [1.29, 1.82) is 0 Å². The third kappa shape index (κ3) is 4.96. The molecular formula is C23H29FN2O4S. The first-order valence-corrected chi connectivity index (χ1v) is 12.3. The molecule has 2 heterocycles. The Morgan fingerprint density at radius 3 is 2.55 bits per heavy atom. The molecule has 1 saturated heterocycles. The van der Waals surface area contributed by atoms with Crippen molar-refractivity contribution >= 4 is 15.7 Å². The van der Waals surface area contributed by atoms with Gasteiger partial charge < -0.3 is 14.4 Å². The Hall–Kier alpha value is -2.32. The Morgan fingerprint density at radius 1 is 1.06 bits per heavy atom. The minimum absolute atomic E-state index is 0.0219. The fraction of sp³-hybridized carbons (Fsp3) is 0.478. The summed E-state index contributed by atoms with van der Waals surface area (Å²) in [6.07, 6.45) is 1.22. The van der Waals surface area contributed by atoms with Gasteiger partial charge in [-0.25, -0.2) is 12.8 Å². The summed E-state index contributed by atoms with van der Waals surface area (Å²) in [5.41, 5.74) is 1.38. The number of piperazine rings is 1. The van der Waals surface area contributed by atoms with Crippen LogP contribution in [0, 0.1) is 5.82 Å². The summed E-state index contributed by atoms with van der Waals surface area (Å²) < 4.78 is 52.8. The topological polar surface area (TPSA) is 59.1 Å². The van der Waals surface area contributed by atoms with Crippen molar-refractivity contribution < 1.29 is 22.3 Å². The Morgan fingerprint density at radius 2 is 1.81 bits per heavy atom. The van der Waals surface area contributed by atoms with Crippen LogP contribution in [0.15, 0.2) is 42.5 Å². The van der Waals surface area contributed by atoms with Gasteiger partial charge in [0.1, 0.15) is 11.4 Å². The van der Waals surface area contributed by atoms with Crippen LogP contribution >= 0.6 is 0 Å². The average Bonchev–Trinajstić information content (AvgIpc) is 3.06. The predicted octanol–water partition coefficient (Wildman–Crippen LogP) is 3.46. The van der Waals surface area contributed by atoms with Gasteiger partial charge in [0.15, 0.2) is 11.5 Å². The van der Waals surface area contributed by atoms with Gasteiger partial charge in [-0.2, -0.15) is 4.31 Å². The molecule has 0 spiro atoms. The van der Waals surface area contributed by atoms with Gasteiger partial charge in [0, 0.05) is 38.2 Å². The number of rotatable bonds is 7. The zero-order chi connectivity index (χ0) is 22.1. The highest BCUT2D eigenvalue weighted by molar-refractivity contribution is 7.89. The van der Waals surface area contributed by atoms with E-state index in [0.29, 0.717) is 50.6 Å². The van der Waals surface area contributed by atoms with E-state index < -0.39 is 10.0 Å².